The van der Waals surface area contributed by atoms with Gasteiger partial charge in [0.05, 0.1) is 34.2 Å². The first kappa shape index (κ1) is 14.1. The van der Waals surface area contributed by atoms with Gasteiger partial charge in [0.15, 0.2) is 0 Å². The normalized spacial score (nSPS) is 34.3. The number of nitro groups is 1. The molecule has 0 aromatic heterocycles. The number of carbonyl (C=O) groups excluding carboxylic acids is 2. The first-order valence-electron chi connectivity index (χ1n) is 7.33. The Kier molecular flexibility index (Phi) is 2.61. The maximum absolute atomic E-state index is 12.8. The highest BCUT2D eigenvalue weighted by Gasteiger charge is 2.66. The van der Waals surface area contributed by atoms with E-state index in [2.05, 4.69) is 0 Å². The molecule has 2 amide bonds. The molecule has 0 aliphatic carbocycles. The summed E-state index contributed by atoms with van der Waals surface area (Å²) < 4.78 is 5.76. The van der Waals surface area contributed by atoms with E-state index < -0.39 is 28.5 Å². The first-order valence-corrected chi connectivity index (χ1v) is 7.33. The average Bonchev–Trinajstić information content (AvgIpc) is 3.09. The van der Waals surface area contributed by atoms with Gasteiger partial charge in [0, 0.05) is 12.1 Å². The van der Waals surface area contributed by atoms with Gasteiger partial charge >= 0.3 is 0 Å². The van der Waals surface area contributed by atoms with Crippen LogP contribution in [0.15, 0.2) is 30.4 Å². The molecule has 1 aromatic rings. The van der Waals surface area contributed by atoms with Crippen LogP contribution in [0.3, 0.4) is 0 Å². The lowest BCUT2D eigenvalue weighted by molar-refractivity contribution is -0.384. The zero-order valence-electron chi connectivity index (χ0n) is 12.6. The number of amides is 2. The van der Waals surface area contributed by atoms with Crippen LogP contribution in [0.2, 0.25) is 0 Å². The van der Waals surface area contributed by atoms with Gasteiger partial charge in [-0.15, -0.1) is 0 Å². The summed E-state index contributed by atoms with van der Waals surface area (Å²) in [6.07, 6.45) is 3.25. The fourth-order valence-corrected chi connectivity index (χ4v) is 3.84. The molecule has 0 saturated carbocycles. The Hall–Kier alpha value is -2.54. The van der Waals surface area contributed by atoms with Gasteiger partial charge in [-0.2, -0.15) is 0 Å². The Bertz CT molecular complexity index is 802. The SMILES string of the molecule is Cc1ccc([N+](=O)[O-])cc1N1C(=O)[C@H]2[C@H]3C=C[C@@](C)(O3)[C@H]2C1=O. The van der Waals surface area contributed by atoms with Crippen LogP contribution in [0.4, 0.5) is 11.4 Å². The number of aryl methyl sites for hydroxylation is 1. The highest BCUT2D eigenvalue weighted by atomic mass is 16.6. The van der Waals surface area contributed by atoms with Crippen molar-refractivity contribution in [2.75, 3.05) is 4.90 Å². The summed E-state index contributed by atoms with van der Waals surface area (Å²) in [4.78, 5) is 37.2. The third-order valence-electron chi connectivity index (χ3n) is 4.97. The Labute approximate surface area is 131 Å². The number of rotatable bonds is 2. The molecule has 0 N–H and O–H groups in total. The maximum Gasteiger partial charge on any atom is 0.271 e. The molecule has 7 nitrogen and oxygen atoms in total. The second-order valence-corrected chi connectivity index (χ2v) is 6.37. The summed E-state index contributed by atoms with van der Waals surface area (Å²) in [5.74, 6) is -1.81. The molecule has 2 fully saturated rings. The number of nitro benzene ring substituents is 1. The van der Waals surface area contributed by atoms with Gasteiger partial charge in [-0.1, -0.05) is 18.2 Å². The van der Waals surface area contributed by atoms with E-state index in [4.69, 9.17) is 4.74 Å². The smallest absolute Gasteiger partial charge is 0.271 e. The van der Waals surface area contributed by atoms with Crippen molar-refractivity contribution in [2.45, 2.75) is 25.6 Å². The summed E-state index contributed by atoms with van der Waals surface area (Å²) in [6.45, 7) is 3.52. The number of ether oxygens (including phenoxy) is 1. The van der Waals surface area contributed by atoms with Crippen LogP contribution in [0.25, 0.3) is 0 Å². The van der Waals surface area contributed by atoms with Gasteiger partial charge in [0.2, 0.25) is 11.8 Å². The van der Waals surface area contributed by atoms with E-state index in [1.807, 2.05) is 12.2 Å². The number of benzene rings is 1. The van der Waals surface area contributed by atoms with Crippen LogP contribution in [0.1, 0.15) is 12.5 Å². The number of nitrogens with zero attached hydrogens (tertiary/aromatic N) is 2. The zero-order valence-corrected chi connectivity index (χ0v) is 12.6. The average molecular weight is 314 g/mol. The molecule has 3 heterocycles. The third kappa shape index (κ3) is 1.68. The number of hydrogen-bond acceptors (Lipinski definition) is 5. The standard InChI is InChI=1S/C16H14N2O5/c1-8-3-4-9(18(21)22)7-10(8)17-14(19)12-11-5-6-16(2,23-11)13(12)15(17)20/h3-7,11-13H,1-2H3/t11-,12+,13-,16-/m1/s1. The monoisotopic (exact) mass is 314 g/mol. The van der Waals surface area contributed by atoms with Crippen LogP contribution >= 0.6 is 0 Å². The zero-order chi connectivity index (χ0) is 16.5. The van der Waals surface area contributed by atoms with Crippen molar-refractivity contribution < 1.29 is 19.2 Å². The highest BCUT2D eigenvalue weighted by Crippen LogP contribution is 2.52. The summed E-state index contributed by atoms with van der Waals surface area (Å²) in [7, 11) is 0. The summed E-state index contributed by atoms with van der Waals surface area (Å²) in [5, 5.41) is 11.0. The van der Waals surface area contributed by atoms with Crippen LogP contribution in [-0.4, -0.2) is 28.4 Å². The largest absolute Gasteiger partial charge is 0.362 e. The molecular formula is C16H14N2O5. The van der Waals surface area contributed by atoms with E-state index in [1.165, 1.54) is 12.1 Å². The Morgan fingerprint density at radius 2 is 2.04 bits per heavy atom. The second kappa shape index (κ2) is 4.26. The highest BCUT2D eigenvalue weighted by molar-refractivity contribution is 6.23. The topological polar surface area (TPSA) is 89.8 Å². The molecule has 4 rings (SSSR count). The van der Waals surface area contributed by atoms with Gasteiger partial charge in [-0.25, -0.2) is 4.90 Å². The van der Waals surface area contributed by atoms with Gasteiger partial charge in [0.1, 0.15) is 0 Å². The van der Waals surface area contributed by atoms with Gasteiger partial charge in [-0.05, 0) is 19.4 Å². The van der Waals surface area contributed by atoms with Crippen molar-refractivity contribution in [1.29, 1.82) is 0 Å². The number of fused-ring (bicyclic) bond motifs is 5. The number of imide groups is 1. The van der Waals surface area contributed by atoms with E-state index in [9.17, 15) is 19.7 Å². The van der Waals surface area contributed by atoms with Gasteiger partial charge < -0.3 is 4.74 Å². The summed E-state index contributed by atoms with van der Waals surface area (Å²) in [6, 6.07) is 4.19. The predicted molar refractivity (Wildman–Crippen MR) is 79.7 cm³/mol. The van der Waals surface area contributed by atoms with Crippen LogP contribution < -0.4 is 4.90 Å². The fraction of sp³-hybridized carbons (Fsp3) is 0.375. The molecule has 0 radical (unpaired) electrons. The van der Waals surface area contributed by atoms with Gasteiger partial charge in [-0.3, -0.25) is 19.7 Å². The van der Waals surface area contributed by atoms with Gasteiger partial charge in [0.25, 0.3) is 5.69 Å². The second-order valence-electron chi connectivity index (χ2n) is 6.37. The molecule has 0 unspecified atom stereocenters. The molecule has 4 atom stereocenters. The van der Waals surface area contributed by atoms with Crippen molar-refractivity contribution in [3.8, 4) is 0 Å². The van der Waals surface area contributed by atoms with Crippen LogP contribution in [-0.2, 0) is 14.3 Å². The minimum absolute atomic E-state index is 0.146. The minimum Gasteiger partial charge on any atom is -0.362 e. The minimum atomic E-state index is -0.772. The van der Waals surface area contributed by atoms with E-state index in [-0.39, 0.29) is 23.2 Å². The number of anilines is 1. The molecular weight excluding hydrogens is 300 g/mol. The van der Waals surface area contributed by atoms with E-state index >= 15 is 0 Å². The van der Waals surface area contributed by atoms with E-state index in [0.29, 0.717) is 5.56 Å². The van der Waals surface area contributed by atoms with Crippen molar-refractivity contribution in [3.63, 3.8) is 0 Å². The van der Waals surface area contributed by atoms with Crippen LogP contribution in [0, 0.1) is 28.9 Å². The van der Waals surface area contributed by atoms with Crippen molar-refractivity contribution in [1.82, 2.24) is 0 Å². The molecule has 118 valence electrons. The Morgan fingerprint density at radius 3 is 2.70 bits per heavy atom. The lowest BCUT2D eigenvalue weighted by atomic mass is 9.78. The van der Waals surface area contributed by atoms with E-state index in [0.717, 1.165) is 4.90 Å². The quantitative estimate of drug-likeness (QED) is 0.359. The number of carbonyl (C=O) groups is 2. The lowest BCUT2D eigenvalue weighted by Gasteiger charge is -2.24. The Balaban J connectivity index is 1.81. The maximum atomic E-state index is 12.8. The molecule has 1 aromatic carbocycles. The summed E-state index contributed by atoms with van der Waals surface area (Å²) >= 11 is 0. The molecule has 23 heavy (non-hydrogen) atoms. The lowest BCUT2D eigenvalue weighted by Crippen LogP contribution is -2.38. The van der Waals surface area contributed by atoms with E-state index in [1.54, 1.807) is 19.9 Å². The molecule has 2 bridgehead atoms. The van der Waals surface area contributed by atoms with Crippen LogP contribution in [0.5, 0.6) is 0 Å². The van der Waals surface area contributed by atoms with Crippen molar-refractivity contribution in [3.05, 3.63) is 46.0 Å². The molecule has 0 spiro atoms. The molecule has 3 aliphatic rings. The first-order chi connectivity index (χ1) is 10.8. The summed E-state index contributed by atoms with van der Waals surface area (Å²) in [5.41, 5.74) is 0.00732. The Morgan fingerprint density at radius 1 is 1.30 bits per heavy atom. The third-order valence-corrected chi connectivity index (χ3v) is 4.97. The van der Waals surface area contributed by atoms with Crippen molar-refractivity contribution in [2.24, 2.45) is 11.8 Å². The number of non-ortho nitro benzene ring substituents is 1. The predicted octanol–water partition coefficient (Wildman–Crippen LogP) is 1.74. The van der Waals surface area contributed by atoms with Crippen molar-refractivity contribution >= 4 is 23.2 Å². The molecule has 2 saturated heterocycles. The molecule has 3 aliphatic heterocycles. The fourth-order valence-electron chi connectivity index (χ4n) is 3.84. The number of hydrogen-bond donors (Lipinski definition) is 0. The molecule has 7 heteroatoms.